The van der Waals surface area contributed by atoms with Crippen molar-refractivity contribution < 1.29 is 14.6 Å². The van der Waals surface area contributed by atoms with Crippen molar-refractivity contribution in [3.8, 4) is 11.5 Å². The van der Waals surface area contributed by atoms with Gasteiger partial charge in [-0.25, -0.2) is 0 Å². The third-order valence-corrected chi connectivity index (χ3v) is 6.78. The van der Waals surface area contributed by atoms with Crippen LogP contribution in [0, 0.1) is 0 Å². The van der Waals surface area contributed by atoms with E-state index in [2.05, 4.69) is 50.1 Å². The summed E-state index contributed by atoms with van der Waals surface area (Å²) in [6.07, 6.45) is 12.2. The molecular formula is C24H35NO3. The van der Waals surface area contributed by atoms with E-state index in [9.17, 15) is 5.11 Å². The number of benzene rings is 1. The highest BCUT2D eigenvalue weighted by molar-refractivity contribution is 5.49. The number of ether oxygens (including phenoxy) is 2. The number of nitrogens with zero attached hydrogens (tertiary/aromatic N) is 1. The van der Waals surface area contributed by atoms with Crippen LogP contribution >= 0.6 is 0 Å². The van der Waals surface area contributed by atoms with Gasteiger partial charge in [0.25, 0.3) is 0 Å². The van der Waals surface area contributed by atoms with E-state index in [1.54, 1.807) is 0 Å². The fourth-order valence-corrected chi connectivity index (χ4v) is 5.29. The zero-order valence-electron chi connectivity index (χ0n) is 17.6. The molecule has 2 fully saturated rings. The van der Waals surface area contributed by atoms with Crippen molar-refractivity contribution in [2.45, 2.75) is 88.6 Å². The second-order valence-corrected chi connectivity index (χ2v) is 9.15. The van der Waals surface area contributed by atoms with Crippen molar-refractivity contribution >= 4 is 0 Å². The van der Waals surface area contributed by atoms with E-state index in [0.29, 0.717) is 12.1 Å². The van der Waals surface area contributed by atoms with Gasteiger partial charge < -0.3 is 19.5 Å². The second-order valence-electron chi connectivity index (χ2n) is 9.15. The van der Waals surface area contributed by atoms with Crippen molar-refractivity contribution in [1.82, 2.24) is 4.90 Å². The second kappa shape index (κ2) is 8.08. The quantitative estimate of drug-likeness (QED) is 0.761. The van der Waals surface area contributed by atoms with E-state index in [4.69, 9.17) is 9.47 Å². The molecule has 0 amide bonds. The number of hydrogen-bond donors (Lipinski definition) is 1. The van der Waals surface area contributed by atoms with Crippen LogP contribution in [0.4, 0.5) is 0 Å². The van der Waals surface area contributed by atoms with Gasteiger partial charge in [0.1, 0.15) is 0 Å². The van der Waals surface area contributed by atoms with Crippen LogP contribution in [0.5, 0.6) is 11.5 Å². The van der Waals surface area contributed by atoms with Crippen molar-refractivity contribution in [2.24, 2.45) is 0 Å². The molecule has 1 aromatic carbocycles. The first-order chi connectivity index (χ1) is 13.5. The first-order valence-corrected chi connectivity index (χ1v) is 11.0. The molecule has 1 saturated carbocycles. The van der Waals surface area contributed by atoms with Gasteiger partial charge in [0.2, 0.25) is 0 Å². The van der Waals surface area contributed by atoms with Gasteiger partial charge in [-0.05, 0) is 83.7 Å². The highest BCUT2D eigenvalue weighted by atomic mass is 16.5. The van der Waals surface area contributed by atoms with E-state index >= 15 is 0 Å². The van der Waals surface area contributed by atoms with Crippen LogP contribution in [0.1, 0.15) is 64.4 Å². The van der Waals surface area contributed by atoms with E-state index in [1.165, 1.54) is 24.8 Å². The molecule has 4 rings (SSSR count). The maximum atomic E-state index is 10.2. The molecule has 1 aromatic rings. The van der Waals surface area contributed by atoms with E-state index in [1.807, 2.05) is 6.08 Å². The maximum Gasteiger partial charge on any atom is 0.161 e. The van der Waals surface area contributed by atoms with Gasteiger partial charge in [-0.1, -0.05) is 24.6 Å². The van der Waals surface area contributed by atoms with Crippen LogP contribution in [0.2, 0.25) is 0 Å². The minimum absolute atomic E-state index is 0.0466. The van der Waals surface area contributed by atoms with Gasteiger partial charge in [0.05, 0.1) is 18.3 Å². The fraction of sp³-hybridized carbons (Fsp3) is 0.667. The zero-order chi connectivity index (χ0) is 19.7. The molecule has 4 nitrogen and oxygen atoms in total. The smallest absolute Gasteiger partial charge is 0.161 e. The molecule has 0 bridgehead atoms. The summed E-state index contributed by atoms with van der Waals surface area (Å²) in [5, 5.41) is 10.2. The summed E-state index contributed by atoms with van der Waals surface area (Å²) in [5.41, 5.74) is 1.24. The van der Waals surface area contributed by atoms with E-state index < -0.39 is 0 Å². The Kier molecular flexibility index (Phi) is 5.71. The molecule has 1 saturated heterocycles. The van der Waals surface area contributed by atoms with Crippen molar-refractivity contribution in [3.63, 3.8) is 0 Å². The maximum absolute atomic E-state index is 10.2. The topological polar surface area (TPSA) is 41.9 Å². The fourth-order valence-electron chi connectivity index (χ4n) is 5.29. The first kappa shape index (κ1) is 19.8. The van der Waals surface area contributed by atoms with Gasteiger partial charge in [0, 0.05) is 11.5 Å². The highest BCUT2D eigenvalue weighted by Crippen LogP contribution is 2.47. The van der Waals surface area contributed by atoms with Gasteiger partial charge in [0.15, 0.2) is 11.5 Å². The van der Waals surface area contributed by atoms with Crippen LogP contribution in [-0.4, -0.2) is 48.0 Å². The molecule has 28 heavy (non-hydrogen) atoms. The Bertz CT molecular complexity index is 710. The van der Waals surface area contributed by atoms with Crippen molar-refractivity contribution in [3.05, 3.63) is 35.9 Å². The number of rotatable bonds is 5. The van der Waals surface area contributed by atoms with Crippen molar-refractivity contribution in [1.29, 1.82) is 0 Å². The number of fused-ring (bicyclic) bond motifs is 1. The molecule has 0 spiro atoms. The Morgan fingerprint density at radius 2 is 1.93 bits per heavy atom. The number of aliphatic hydroxyl groups excluding tert-OH is 1. The van der Waals surface area contributed by atoms with E-state index in [-0.39, 0.29) is 17.6 Å². The standard InChI is InChI=1S/C24H35NO3/c1-17(2)27-21-10-9-18(15-22(21)28-20-7-5-4-6-8-20)24-12-11-19(26)16-23(24)25(3)14-13-24/h9-12,15,17,19-20,23,26H,4-8,13-14,16H2,1-3H3/t19-,23+,24+/m1/s1. The highest BCUT2D eigenvalue weighted by Gasteiger charge is 2.48. The van der Waals surface area contributed by atoms with Gasteiger partial charge in [-0.15, -0.1) is 0 Å². The molecule has 3 atom stereocenters. The Labute approximate surface area is 169 Å². The molecule has 0 radical (unpaired) electrons. The summed E-state index contributed by atoms with van der Waals surface area (Å²) < 4.78 is 12.6. The van der Waals surface area contributed by atoms with Gasteiger partial charge >= 0.3 is 0 Å². The Morgan fingerprint density at radius 1 is 1.14 bits per heavy atom. The Hall–Kier alpha value is -1.52. The summed E-state index contributed by atoms with van der Waals surface area (Å²) in [4.78, 5) is 2.40. The minimum atomic E-state index is -0.347. The van der Waals surface area contributed by atoms with Crippen LogP contribution in [0.3, 0.4) is 0 Å². The number of likely N-dealkylation sites (tertiary alicyclic amines) is 1. The van der Waals surface area contributed by atoms with Crippen molar-refractivity contribution in [2.75, 3.05) is 13.6 Å². The van der Waals surface area contributed by atoms with E-state index in [0.717, 1.165) is 43.7 Å². The molecule has 0 unspecified atom stereocenters. The zero-order valence-corrected chi connectivity index (χ0v) is 17.6. The molecule has 154 valence electrons. The average molecular weight is 386 g/mol. The molecule has 0 aromatic heterocycles. The lowest BCUT2D eigenvalue weighted by atomic mass is 9.69. The third kappa shape index (κ3) is 3.81. The molecule has 3 aliphatic rings. The number of aliphatic hydroxyl groups is 1. The van der Waals surface area contributed by atoms with Crippen LogP contribution in [0.25, 0.3) is 0 Å². The number of likely N-dealkylation sites (N-methyl/N-ethyl adjacent to an activating group) is 1. The predicted molar refractivity (Wildman–Crippen MR) is 112 cm³/mol. The molecule has 4 heteroatoms. The lowest BCUT2D eigenvalue weighted by Gasteiger charge is -2.40. The third-order valence-electron chi connectivity index (χ3n) is 6.78. The summed E-state index contributed by atoms with van der Waals surface area (Å²) in [5.74, 6) is 1.74. The predicted octanol–water partition coefficient (Wildman–Crippen LogP) is 4.45. The van der Waals surface area contributed by atoms with Crippen LogP contribution in [-0.2, 0) is 5.41 Å². The SMILES string of the molecule is CC(C)Oc1ccc([C@@]23C=C[C@@H](O)C[C@@H]2N(C)CC3)cc1OC1CCCCC1. The minimum Gasteiger partial charge on any atom is -0.487 e. The first-order valence-electron chi connectivity index (χ1n) is 11.0. The Balaban J connectivity index is 1.69. The molecule has 2 aliphatic carbocycles. The summed E-state index contributed by atoms with van der Waals surface area (Å²) >= 11 is 0. The van der Waals surface area contributed by atoms with Gasteiger partial charge in [-0.3, -0.25) is 0 Å². The lowest BCUT2D eigenvalue weighted by molar-refractivity contribution is 0.135. The van der Waals surface area contributed by atoms with Crippen LogP contribution < -0.4 is 9.47 Å². The number of hydrogen-bond acceptors (Lipinski definition) is 4. The summed E-state index contributed by atoms with van der Waals surface area (Å²) in [6.45, 7) is 5.17. The molecule has 1 heterocycles. The largest absolute Gasteiger partial charge is 0.487 e. The molecule has 1 aliphatic heterocycles. The average Bonchev–Trinajstić information content (AvgIpc) is 3.01. The monoisotopic (exact) mass is 385 g/mol. The molecular weight excluding hydrogens is 350 g/mol. The Morgan fingerprint density at radius 3 is 2.68 bits per heavy atom. The van der Waals surface area contributed by atoms with Gasteiger partial charge in [-0.2, -0.15) is 0 Å². The van der Waals surface area contributed by atoms with Crippen LogP contribution in [0.15, 0.2) is 30.4 Å². The lowest BCUT2D eigenvalue weighted by Crippen LogP contribution is -2.44. The summed E-state index contributed by atoms with van der Waals surface area (Å²) in [6, 6.07) is 6.85. The summed E-state index contributed by atoms with van der Waals surface area (Å²) in [7, 11) is 2.17. The normalized spacial score (nSPS) is 31.2. The molecule has 1 N–H and O–H groups in total.